The van der Waals surface area contributed by atoms with E-state index >= 15 is 0 Å². The van der Waals surface area contributed by atoms with Crippen LogP contribution in [0.4, 0.5) is 5.69 Å². The van der Waals surface area contributed by atoms with Crippen LogP contribution in [0, 0.1) is 5.92 Å². The number of amides is 1. The maximum absolute atomic E-state index is 12.4. The van der Waals surface area contributed by atoms with Gasteiger partial charge in [-0.1, -0.05) is 12.1 Å². The lowest BCUT2D eigenvalue weighted by Crippen LogP contribution is -2.49. The van der Waals surface area contributed by atoms with E-state index in [0.717, 1.165) is 74.6 Å². The van der Waals surface area contributed by atoms with E-state index in [2.05, 4.69) is 45.8 Å². The number of rotatable bonds is 6. The van der Waals surface area contributed by atoms with Crippen LogP contribution in [0.25, 0.3) is 16.6 Å². The molecule has 7 heteroatoms. The predicted molar refractivity (Wildman–Crippen MR) is 124 cm³/mol. The third-order valence-corrected chi connectivity index (χ3v) is 6.91. The van der Waals surface area contributed by atoms with Gasteiger partial charge in [-0.3, -0.25) is 4.79 Å². The van der Waals surface area contributed by atoms with Gasteiger partial charge < -0.3 is 19.9 Å². The van der Waals surface area contributed by atoms with Crippen molar-refractivity contribution in [1.82, 2.24) is 19.8 Å². The molecule has 1 N–H and O–H groups in total. The van der Waals surface area contributed by atoms with Crippen molar-refractivity contribution in [3.8, 4) is 16.9 Å². The molecular formula is C25H29N5O2. The van der Waals surface area contributed by atoms with Crippen LogP contribution >= 0.6 is 0 Å². The summed E-state index contributed by atoms with van der Waals surface area (Å²) in [6.07, 6.45) is 7.28. The molecule has 2 saturated heterocycles. The smallest absolute Gasteiger partial charge is 0.225 e. The number of piperazine rings is 1. The van der Waals surface area contributed by atoms with Crippen LogP contribution < -0.4 is 15.0 Å². The van der Waals surface area contributed by atoms with Crippen LogP contribution in [-0.2, 0) is 4.79 Å². The van der Waals surface area contributed by atoms with Gasteiger partial charge in [0, 0.05) is 56.1 Å². The Morgan fingerprint density at radius 1 is 1.03 bits per heavy atom. The van der Waals surface area contributed by atoms with Crippen molar-refractivity contribution < 1.29 is 9.53 Å². The lowest BCUT2D eigenvalue weighted by Gasteiger charge is -2.36. The molecule has 0 bridgehead atoms. The number of hydrogen-bond donors (Lipinski definition) is 1. The Hall–Kier alpha value is -3.06. The van der Waals surface area contributed by atoms with Gasteiger partial charge in [0.25, 0.3) is 0 Å². The van der Waals surface area contributed by atoms with E-state index in [1.165, 1.54) is 12.1 Å². The summed E-state index contributed by atoms with van der Waals surface area (Å²) in [5.41, 5.74) is 4.56. The summed E-state index contributed by atoms with van der Waals surface area (Å²) in [6, 6.07) is 13.1. The fourth-order valence-corrected chi connectivity index (χ4v) is 4.61. The van der Waals surface area contributed by atoms with Crippen LogP contribution in [-0.4, -0.2) is 65.8 Å². The highest BCUT2D eigenvalue weighted by molar-refractivity contribution is 5.82. The van der Waals surface area contributed by atoms with Crippen molar-refractivity contribution in [1.29, 1.82) is 0 Å². The summed E-state index contributed by atoms with van der Waals surface area (Å²) in [6.45, 7) is 5.15. The monoisotopic (exact) mass is 431 g/mol. The maximum atomic E-state index is 12.4. The van der Waals surface area contributed by atoms with Gasteiger partial charge in [0.05, 0.1) is 11.2 Å². The Labute approximate surface area is 188 Å². The van der Waals surface area contributed by atoms with Crippen LogP contribution in [0.2, 0.25) is 0 Å². The Bertz CT molecular complexity index is 1110. The second-order valence-corrected chi connectivity index (χ2v) is 9.14. The van der Waals surface area contributed by atoms with Gasteiger partial charge in [-0.05, 0) is 55.6 Å². The van der Waals surface area contributed by atoms with Crippen molar-refractivity contribution >= 4 is 17.1 Å². The fourth-order valence-electron chi connectivity index (χ4n) is 4.61. The molecule has 6 rings (SSSR count). The summed E-state index contributed by atoms with van der Waals surface area (Å²) in [5.74, 6) is 1.56. The van der Waals surface area contributed by atoms with E-state index in [4.69, 9.17) is 4.74 Å². The molecule has 1 aliphatic carbocycles. The van der Waals surface area contributed by atoms with Crippen LogP contribution in [0.5, 0.6) is 5.75 Å². The zero-order valence-corrected chi connectivity index (χ0v) is 18.2. The van der Waals surface area contributed by atoms with Crippen molar-refractivity contribution in [2.24, 2.45) is 5.92 Å². The molecule has 1 saturated carbocycles. The first-order valence-electron chi connectivity index (χ1n) is 11.7. The molecule has 4 heterocycles. The average Bonchev–Trinajstić information content (AvgIpc) is 3.56. The fraction of sp³-hybridized carbons (Fsp3) is 0.440. The van der Waals surface area contributed by atoms with Crippen molar-refractivity contribution in [2.75, 3.05) is 44.2 Å². The molecule has 1 atom stereocenters. The number of nitrogens with zero attached hydrogens (tertiary/aromatic N) is 4. The number of fused-ring (bicyclic) bond motifs is 1. The topological polar surface area (TPSA) is 62.1 Å². The number of ether oxygens (including phenoxy) is 1. The number of aromatic nitrogens is 2. The number of carbonyl (C=O) groups excluding carboxylic acids is 1. The summed E-state index contributed by atoms with van der Waals surface area (Å²) in [5, 5.41) is 7.89. The van der Waals surface area contributed by atoms with E-state index in [-0.39, 0.29) is 0 Å². The quantitative estimate of drug-likeness (QED) is 0.650. The first-order valence-corrected chi connectivity index (χ1v) is 11.7. The van der Waals surface area contributed by atoms with Crippen molar-refractivity contribution in [2.45, 2.75) is 25.3 Å². The number of carbonyl (C=O) groups is 1. The van der Waals surface area contributed by atoms with Crippen molar-refractivity contribution in [3.05, 3.63) is 48.8 Å². The molecule has 2 aromatic heterocycles. The third kappa shape index (κ3) is 3.81. The van der Waals surface area contributed by atoms with Gasteiger partial charge in [0.15, 0.2) is 0 Å². The Morgan fingerprint density at radius 3 is 2.50 bits per heavy atom. The Balaban J connectivity index is 1.17. The normalized spacial score (nSPS) is 20.9. The number of benzene rings is 1. The highest BCUT2D eigenvalue weighted by atomic mass is 16.5. The first-order chi connectivity index (χ1) is 15.7. The van der Waals surface area contributed by atoms with E-state index in [1.807, 2.05) is 27.7 Å². The number of anilines is 1. The zero-order chi connectivity index (χ0) is 21.5. The minimum absolute atomic E-state index is 0.300. The Kier molecular flexibility index (Phi) is 4.98. The van der Waals surface area contributed by atoms with Gasteiger partial charge in [-0.25, -0.2) is 4.52 Å². The molecule has 7 nitrogen and oxygen atoms in total. The lowest BCUT2D eigenvalue weighted by atomic mass is 10.1. The molecule has 3 fully saturated rings. The van der Waals surface area contributed by atoms with E-state index in [1.54, 1.807) is 0 Å². The van der Waals surface area contributed by atoms with Gasteiger partial charge in [-0.15, -0.1) is 0 Å². The number of hydrogen-bond acceptors (Lipinski definition) is 5. The third-order valence-electron chi connectivity index (χ3n) is 6.91. The molecule has 0 radical (unpaired) electrons. The zero-order valence-electron chi connectivity index (χ0n) is 18.2. The van der Waals surface area contributed by atoms with Gasteiger partial charge in [0.2, 0.25) is 5.91 Å². The molecule has 3 aromatic rings. The minimum atomic E-state index is 0.300. The largest absolute Gasteiger partial charge is 0.492 e. The molecule has 1 amide bonds. The van der Waals surface area contributed by atoms with E-state index < -0.39 is 0 Å². The summed E-state index contributed by atoms with van der Waals surface area (Å²) < 4.78 is 7.84. The molecule has 3 aliphatic rings. The predicted octanol–water partition coefficient (Wildman–Crippen LogP) is 2.80. The van der Waals surface area contributed by atoms with Gasteiger partial charge in [-0.2, -0.15) is 5.10 Å². The summed E-state index contributed by atoms with van der Waals surface area (Å²) in [7, 11) is 0. The first kappa shape index (κ1) is 19.6. The lowest BCUT2D eigenvalue weighted by molar-refractivity contribution is -0.132. The highest BCUT2D eigenvalue weighted by Gasteiger charge is 2.34. The molecule has 0 spiro atoms. The second kappa shape index (κ2) is 8.13. The van der Waals surface area contributed by atoms with Crippen LogP contribution in [0.15, 0.2) is 48.8 Å². The highest BCUT2D eigenvalue weighted by Crippen LogP contribution is 2.33. The van der Waals surface area contributed by atoms with E-state index in [0.29, 0.717) is 17.9 Å². The van der Waals surface area contributed by atoms with Crippen LogP contribution in [0.3, 0.4) is 0 Å². The molecule has 32 heavy (non-hydrogen) atoms. The SMILES string of the molecule is O=C(C1CC1)N1CCN(c2ccnn3cc(-c4ccc(OCC5CCN5)cc4)cc23)CC1. The number of nitrogens with one attached hydrogen (secondary N) is 1. The average molecular weight is 432 g/mol. The van der Waals surface area contributed by atoms with Gasteiger partial charge >= 0.3 is 0 Å². The molecule has 1 aromatic carbocycles. The standard InChI is InChI=1S/C25H29N5O2/c31-25(19-1-2-19)29-13-11-28(12-14-29)23-8-10-27-30-16-20(15-24(23)30)18-3-5-22(6-4-18)32-17-21-7-9-26-21/h3-6,8,10,15-16,19,21,26H,1-2,7,9,11-14,17H2. The van der Waals surface area contributed by atoms with Crippen molar-refractivity contribution in [3.63, 3.8) is 0 Å². The Morgan fingerprint density at radius 2 is 1.81 bits per heavy atom. The second-order valence-electron chi connectivity index (χ2n) is 9.14. The minimum Gasteiger partial charge on any atom is -0.492 e. The van der Waals surface area contributed by atoms with Gasteiger partial charge in [0.1, 0.15) is 12.4 Å². The maximum Gasteiger partial charge on any atom is 0.225 e. The molecular weight excluding hydrogens is 402 g/mol. The van der Waals surface area contributed by atoms with E-state index in [9.17, 15) is 4.79 Å². The summed E-state index contributed by atoms with van der Waals surface area (Å²) >= 11 is 0. The summed E-state index contributed by atoms with van der Waals surface area (Å²) in [4.78, 5) is 16.8. The molecule has 2 aliphatic heterocycles. The van der Waals surface area contributed by atoms with Crippen LogP contribution in [0.1, 0.15) is 19.3 Å². The molecule has 166 valence electrons. The molecule has 1 unspecified atom stereocenters.